The van der Waals surface area contributed by atoms with Gasteiger partial charge in [0.1, 0.15) is 0 Å². The molecule has 2 saturated heterocycles. The average Bonchev–Trinajstić information content (AvgIpc) is 2.38. The number of nitrogens with zero attached hydrogens (tertiary/aromatic N) is 2. The lowest BCUT2D eigenvalue weighted by atomic mass is 9.91. The van der Waals surface area contributed by atoms with Crippen molar-refractivity contribution in [3.05, 3.63) is 0 Å². The molecule has 3 nitrogen and oxygen atoms in total. The molecule has 2 aliphatic rings. The monoisotopic (exact) mass is 239 g/mol. The van der Waals surface area contributed by atoms with E-state index >= 15 is 0 Å². The van der Waals surface area contributed by atoms with Gasteiger partial charge in [0.2, 0.25) is 0 Å². The Hall–Kier alpha value is -0.120. The third-order valence-electron chi connectivity index (χ3n) is 4.66. The molecule has 0 radical (unpaired) electrons. The summed E-state index contributed by atoms with van der Waals surface area (Å²) >= 11 is 0. The maximum absolute atomic E-state index is 3.28. The molecule has 0 bridgehead atoms. The zero-order valence-electron chi connectivity index (χ0n) is 11.6. The zero-order chi connectivity index (χ0) is 12.1. The van der Waals surface area contributed by atoms with E-state index in [-0.39, 0.29) is 0 Å². The highest BCUT2D eigenvalue weighted by molar-refractivity contribution is 4.82. The van der Waals surface area contributed by atoms with E-state index in [1.807, 2.05) is 0 Å². The first kappa shape index (κ1) is 13.3. The van der Waals surface area contributed by atoms with Crippen molar-refractivity contribution in [2.24, 2.45) is 5.92 Å². The van der Waals surface area contributed by atoms with E-state index in [0.717, 1.165) is 12.0 Å². The smallest absolute Gasteiger partial charge is 0.0120 e. The molecular formula is C14H29N3. The van der Waals surface area contributed by atoms with Crippen molar-refractivity contribution in [3.63, 3.8) is 0 Å². The van der Waals surface area contributed by atoms with Gasteiger partial charge < -0.3 is 15.1 Å². The van der Waals surface area contributed by atoms with Crippen molar-refractivity contribution in [3.8, 4) is 0 Å². The molecule has 0 aromatic heterocycles. The van der Waals surface area contributed by atoms with Crippen LogP contribution in [0.3, 0.4) is 0 Å². The predicted molar refractivity (Wildman–Crippen MR) is 73.4 cm³/mol. The molecule has 3 heteroatoms. The quantitative estimate of drug-likeness (QED) is 0.800. The van der Waals surface area contributed by atoms with Crippen molar-refractivity contribution in [1.82, 2.24) is 15.1 Å². The minimum atomic E-state index is 0.886. The van der Waals surface area contributed by atoms with E-state index in [4.69, 9.17) is 0 Å². The fourth-order valence-corrected chi connectivity index (χ4v) is 3.32. The van der Waals surface area contributed by atoms with Gasteiger partial charge in [-0.25, -0.2) is 0 Å². The second kappa shape index (κ2) is 6.72. The van der Waals surface area contributed by atoms with Crippen molar-refractivity contribution in [2.45, 2.75) is 38.1 Å². The summed E-state index contributed by atoms with van der Waals surface area (Å²) in [4.78, 5) is 5.24. The van der Waals surface area contributed by atoms with E-state index in [1.54, 1.807) is 0 Å². The summed E-state index contributed by atoms with van der Waals surface area (Å²) in [5, 5.41) is 3.28. The Morgan fingerprint density at radius 2 is 1.65 bits per heavy atom. The van der Waals surface area contributed by atoms with Gasteiger partial charge in [0, 0.05) is 6.04 Å². The molecule has 2 rings (SSSR count). The molecule has 2 heterocycles. The van der Waals surface area contributed by atoms with Gasteiger partial charge in [0.05, 0.1) is 0 Å². The van der Waals surface area contributed by atoms with E-state index in [0.29, 0.717) is 0 Å². The van der Waals surface area contributed by atoms with E-state index in [9.17, 15) is 0 Å². The molecule has 2 aliphatic heterocycles. The topological polar surface area (TPSA) is 18.5 Å². The van der Waals surface area contributed by atoms with Gasteiger partial charge in [-0.3, -0.25) is 0 Å². The van der Waals surface area contributed by atoms with Crippen LogP contribution in [0.15, 0.2) is 0 Å². The van der Waals surface area contributed by atoms with Gasteiger partial charge in [-0.1, -0.05) is 0 Å². The van der Waals surface area contributed by atoms with Crippen LogP contribution in [0.25, 0.3) is 0 Å². The molecule has 17 heavy (non-hydrogen) atoms. The number of hydrogen-bond donors (Lipinski definition) is 1. The van der Waals surface area contributed by atoms with Gasteiger partial charge in [0.25, 0.3) is 0 Å². The molecule has 2 fully saturated rings. The standard InChI is InChI=1S/C14H29N3/c1-15-8-3-13-4-11-17(12-5-13)14-6-9-16(2)10-7-14/h13-15H,3-12H2,1-2H3. The minimum absolute atomic E-state index is 0.886. The number of rotatable bonds is 4. The second-order valence-corrected chi connectivity index (χ2v) is 5.91. The predicted octanol–water partition coefficient (Wildman–Crippen LogP) is 1.40. The van der Waals surface area contributed by atoms with Gasteiger partial charge >= 0.3 is 0 Å². The van der Waals surface area contributed by atoms with Crippen LogP contribution < -0.4 is 5.32 Å². The Morgan fingerprint density at radius 1 is 1.00 bits per heavy atom. The minimum Gasteiger partial charge on any atom is -0.320 e. The van der Waals surface area contributed by atoms with Crippen LogP contribution in [0.4, 0.5) is 0 Å². The highest BCUT2D eigenvalue weighted by Gasteiger charge is 2.26. The molecule has 0 aliphatic carbocycles. The fraction of sp³-hybridized carbons (Fsp3) is 1.00. The van der Waals surface area contributed by atoms with Crippen LogP contribution in [0.5, 0.6) is 0 Å². The van der Waals surface area contributed by atoms with Crippen LogP contribution in [-0.4, -0.2) is 62.7 Å². The molecule has 0 unspecified atom stereocenters. The zero-order valence-corrected chi connectivity index (χ0v) is 11.6. The van der Waals surface area contributed by atoms with Gasteiger partial charge in [-0.05, 0) is 84.8 Å². The van der Waals surface area contributed by atoms with Gasteiger partial charge in [-0.15, -0.1) is 0 Å². The van der Waals surface area contributed by atoms with Crippen molar-refractivity contribution < 1.29 is 0 Å². The first-order valence-corrected chi connectivity index (χ1v) is 7.37. The summed E-state index contributed by atoms with van der Waals surface area (Å²) in [7, 11) is 4.31. The average molecular weight is 239 g/mol. The van der Waals surface area contributed by atoms with Crippen LogP contribution >= 0.6 is 0 Å². The van der Waals surface area contributed by atoms with Crippen LogP contribution in [-0.2, 0) is 0 Å². The largest absolute Gasteiger partial charge is 0.320 e. The Bertz CT molecular complexity index is 204. The van der Waals surface area contributed by atoms with E-state index in [1.165, 1.54) is 64.8 Å². The van der Waals surface area contributed by atoms with Crippen molar-refractivity contribution >= 4 is 0 Å². The Morgan fingerprint density at radius 3 is 2.24 bits per heavy atom. The first-order valence-electron chi connectivity index (χ1n) is 7.37. The summed E-state index contributed by atoms with van der Waals surface area (Å²) < 4.78 is 0. The second-order valence-electron chi connectivity index (χ2n) is 5.91. The summed E-state index contributed by atoms with van der Waals surface area (Å²) in [5.74, 6) is 0.977. The van der Waals surface area contributed by atoms with Crippen LogP contribution in [0.1, 0.15) is 32.1 Å². The molecule has 1 N–H and O–H groups in total. The number of hydrogen-bond acceptors (Lipinski definition) is 3. The normalized spacial score (nSPS) is 26.5. The van der Waals surface area contributed by atoms with Gasteiger partial charge in [-0.2, -0.15) is 0 Å². The number of likely N-dealkylation sites (tertiary alicyclic amines) is 2. The molecule has 0 spiro atoms. The van der Waals surface area contributed by atoms with Crippen LogP contribution in [0.2, 0.25) is 0 Å². The Balaban J connectivity index is 1.68. The SMILES string of the molecule is CNCCC1CCN(C2CCN(C)CC2)CC1. The maximum atomic E-state index is 3.28. The lowest BCUT2D eigenvalue weighted by Gasteiger charge is -2.41. The molecule has 0 aromatic carbocycles. The third-order valence-corrected chi connectivity index (χ3v) is 4.66. The Kier molecular flexibility index (Phi) is 5.26. The summed E-state index contributed by atoms with van der Waals surface area (Å²) in [5.41, 5.74) is 0. The van der Waals surface area contributed by atoms with Crippen molar-refractivity contribution in [1.29, 1.82) is 0 Å². The molecular weight excluding hydrogens is 210 g/mol. The highest BCUT2D eigenvalue weighted by atomic mass is 15.2. The van der Waals surface area contributed by atoms with Crippen molar-refractivity contribution in [2.75, 3.05) is 46.8 Å². The molecule has 0 saturated carbocycles. The van der Waals surface area contributed by atoms with Gasteiger partial charge in [0.15, 0.2) is 0 Å². The fourth-order valence-electron chi connectivity index (χ4n) is 3.32. The molecule has 0 atom stereocenters. The number of nitrogens with one attached hydrogen (secondary N) is 1. The number of piperidine rings is 2. The maximum Gasteiger partial charge on any atom is 0.0120 e. The Labute approximate surface area is 107 Å². The van der Waals surface area contributed by atoms with E-state index < -0.39 is 0 Å². The summed E-state index contributed by atoms with van der Waals surface area (Å²) in [6.45, 7) is 6.49. The third kappa shape index (κ3) is 3.94. The molecule has 0 amide bonds. The molecule has 100 valence electrons. The van der Waals surface area contributed by atoms with E-state index in [2.05, 4.69) is 29.2 Å². The summed E-state index contributed by atoms with van der Waals surface area (Å²) in [6, 6.07) is 0.886. The first-order chi connectivity index (χ1) is 8.29. The van der Waals surface area contributed by atoms with Crippen LogP contribution in [0, 0.1) is 5.92 Å². The lowest BCUT2D eigenvalue weighted by Crippen LogP contribution is -2.47. The lowest BCUT2D eigenvalue weighted by molar-refractivity contribution is 0.0839. The highest BCUT2D eigenvalue weighted by Crippen LogP contribution is 2.24. The summed E-state index contributed by atoms with van der Waals surface area (Å²) in [6.07, 6.45) is 7.00. The molecule has 0 aromatic rings.